The molecule has 3 aromatic rings. The Bertz CT molecular complexity index is 694. The van der Waals surface area contributed by atoms with Gasteiger partial charge >= 0.3 is 0 Å². The van der Waals surface area contributed by atoms with E-state index in [9.17, 15) is 5.11 Å². The Labute approximate surface area is 117 Å². The van der Waals surface area contributed by atoms with Gasteiger partial charge in [-0.3, -0.25) is 0 Å². The predicted molar refractivity (Wildman–Crippen MR) is 77.6 cm³/mol. The zero-order valence-electron chi connectivity index (χ0n) is 10.4. The summed E-state index contributed by atoms with van der Waals surface area (Å²) in [5, 5.41) is 14.9. The van der Waals surface area contributed by atoms with E-state index < -0.39 is 0 Å². The Hall–Kier alpha value is -2.07. The van der Waals surface area contributed by atoms with E-state index in [1.165, 1.54) is 0 Å². The van der Waals surface area contributed by atoms with Crippen molar-refractivity contribution in [3.63, 3.8) is 0 Å². The maximum atomic E-state index is 10.0. The number of rotatable bonds is 2. The lowest BCUT2D eigenvalue weighted by Gasteiger charge is -2.04. The monoisotopic (exact) mass is 275 g/mol. The van der Waals surface area contributed by atoms with Crippen molar-refractivity contribution in [2.45, 2.75) is 13.5 Å². The van der Waals surface area contributed by atoms with Crippen molar-refractivity contribution in [2.75, 3.05) is 0 Å². The number of nitrogens with zero attached hydrogens (tertiary/aromatic N) is 3. The van der Waals surface area contributed by atoms with Gasteiger partial charge in [-0.2, -0.15) is 5.10 Å². The van der Waals surface area contributed by atoms with E-state index in [1.807, 2.05) is 37.3 Å². The van der Waals surface area contributed by atoms with Gasteiger partial charge in [0.25, 0.3) is 0 Å². The second-order valence-corrected chi connectivity index (χ2v) is 4.09. The van der Waals surface area contributed by atoms with Crippen molar-refractivity contribution < 1.29 is 5.11 Å². The van der Waals surface area contributed by atoms with Crippen molar-refractivity contribution >= 4 is 23.4 Å². The number of pyridine rings is 1. The van der Waals surface area contributed by atoms with Crippen molar-refractivity contribution in [3.8, 4) is 17.0 Å². The molecule has 0 unspecified atom stereocenters. The van der Waals surface area contributed by atoms with Crippen molar-refractivity contribution in [3.05, 3.63) is 42.6 Å². The lowest BCUT2D eigenvalue weighted by molar-refractivity contribution is 0.481. The summed E-state index contributed by atoms with van der Waals surface area (Å²) in [7, 11) is 0. The van der Waals surface area contributed by atoms with Crippen LogP contribution in [0.2, 0.25) is 0 Å². The Morgan fingerprint density at radius 2 is 1.95 bits per heavy atom. The molecule has 2 aromatic heterocycles. The molecule has 0 amide bonds. The molecule has 0 radical (unpaired) electrons. The second-order valence-electron chi connectivity index (χ2n) is 4.09. The van der Waals surface area contributed by atoms with E-state index in [1.54, 1.807) is 16.9 Å². The van der Waals surface area contributed by atoms with Crippen molar-refractivity contribution in [1.29, 1.82) is 0 Å². The highest BCUT2D eigenvalue weighted by Gasteiger charge is 2.10. The third-order valence-corrected chi connectivity index (χ3v) is 2.96. The van der Waals surface area contributed by atoms with Gasteiger partial charge in [-0.15, -0.1) is 12.4 Å². The van der Waals surface area contributed by atoms with Gasteiger partial charge < -0.3 is 5.11 Å². The van der Waals surface area contributed by atoms with Gasteiger partial charge in [-0.25, -0.2) is 9.67 Å². The Morgan fingerprint density at radius 3 is 2.63 bits per heavy atom. The van der Waals surface area contributed by atoms with Crippen LogP contribution in [-0.2, 0) is 6.54 Å². The van der Waals surface area contributed by atoms with Crippen LogP contribution >= 0.6 is 12.4 Å². The fourth-order valence-corrected chi connectivity index (χ4v) is 2.02. The number of fused-ring (bicyclic) bond motifs is 1. The van der Waals surface area contributed by atoms with Crippen LogP contribution in [0.1, 0.15) is 6.92 Å². The minimum absolute atomic E-state index is 0. The first-order valence-corrected chi connectivity index (χ1v) is 5.90. The zero-order valence-corrected chi connectivity index (χ0v) is 11.3. The van der Waals surface area contributed by atoms with Gasteiger partial charge in [0.2, 0.25) is 0 Å². The van der Waals surface area contributed by atoms with Gasteiger partial charge in [0.1, 0.15) is 5.75 Å². The SMILES string of the molecule is CCn1ncc2c(O)cc(-c3ccccc3)nc21.Cl. The molecule has 19 heavy (non-hydrogen) atoms. The van der Waals surface area contributed by atoms with Gasteiger partial charge in [0.05, 0.1) is 17.3 Å². The van der Waals surface area contributed by atoms with Crippen molar-refractivity contribution in [2.24, 2.45) is 0 Å². The van der Waals surface area contributed by atoms with Crippen LogP contribution in [0.25, 0.3) is 22.3 Å². The lowest BCUT2D eigenvalue weighted by atomic mass is 10.1. The number of aryl methyl sites for hydroxylation is 1. The molecule has 98 valence electrons. The topological polar surface area (TPSA) is 50.9 Å². The molecule has 0 fully saturated rings. The minimum atomic E-state index is 0. The summed E-state index contributed by atoms with van der Waals surface area (Å²) in [6, 6.07) is 11.5. The standard InChI is InChI=1S/C14H13N3O.ClH/c1-2-17-14-11(9-15-17)13(18)8-12(16-14)10-6-4-3-5-7-10;/h3-9H,2H2,1H3,(H,16,18);1H. The average molecular weight is 276 g/mol. The molecular weight excluding hydrogens is 262 g/mol. The first kappa shape index (κ1) is 13.4. The molecule has 1 aromatic carbocycles. The van der Waals surface area contributed by atoms with Crippen LogP contribution < -0.4 is 0 Å². The van der Waals surface area contributed by atoms with E-state index in [-0.39, 0.29) is 18.2 Å². The van der Waals surface area contributed by atoms with E-state index in [0.29, 0.717) is 5.39 Å². The number of hydrogen-bond donors (Lipinski definition) is 1. The molecule has 0 atom stereocenters. The largest absolute Gasteiger partial charge is 0.507 e. The lowest BCUT2D eigenvalue weighted by Crippen LogP contribution is -1.98. The second kappa shape index (κ2) is 5.28. The Balaban J connectivity index is 0.00000133. The number of halogens is 1. The molecule has 2 heterocycles. The summed E-state index contributed by atoms with van der Waals surface area (Å²) in [5.41, 5.74) is 2.46. The van der Waals surface area contributed by atoms with Crippen LogP contribution in [0, 0.1) is 0 Å². The quantitative estimate of drug-likeness (QED) is 0.781. The normalized spacial score (nSPS) is 10.4. The highest BCUT2D eigenvalue weighted by molar-refractivity contribution is 5.85. The first-order chi connectivity index (χ1) is 8.79. The minimum Gasteiger partial charge on any atom is -0.507 e. The summed E-state index contributed by atoms with van der Waals surface area (Å²) in [6.45, 7) is 2.73. The molecule has 0 spiro atoms. The average Bonchev–Trinajstić information content (AvgIpc) is 2.83. The van der Waals surface area contributed by atoms with Crippen LogP contribution in [0.15, 0.2) is 42.6 Å². The molecule has 3 rings (SSSR count). The highest BCUT2D eigenvalue weighted by atomic mass is 35.5. The van der Waals surface area contributed by atoms with E-state index >= 15 is 0 Å². The smallest absolute Gasteiger partial charge is 0.162 e. The molecular formula is C14H14ClN3O. The van der Waals surface area contributed by atoms with E-state index in [2.05, 4.69) is 10.1 Å². The molecule has 0 saturated carbocycles. The van der Waals surface area contributed by atoms with Gasteiger partial charge in [-0.05, 0) is 6.92 Å². The number of hydrogen-bond acceptors (Lipinski definition) is 3. The molecule has 0 aliphatic carbocycles. The highest BCUT2D eigenvalue weighted by Crippen LogP contribution is 2.28. The molecule has 0 aliphatic rings. The van der Waals surface area contributed by atoms with Crippen LogP contribution in [0.3, 0.4) is 0 Å². The fourth-order valence-electron chi connectivity index (χ4n) is 2.02. The first-order valence-electron chi connectivity index (χ1n) is 5.90. The van der Waals surface area contributed by atoms with Crippen LogP contribution in [-0.4, -0.2) is 19.9 Å². The summed E-state index contributed by atoms with van der Waals surface area (Å²) >= 11 is 0. The Kier molecular flexibility index (Phi) is 3.71. The zero-order chi connectivity index (χ0) is 12.5. The summed E-state index contributed by atoms with van der Waals surface area (Å²) in [6.07, 6.45) is 1.65. The van der Waals surface area contributed by atoms with Gasteiger partial charge in [0.15, 0.2) is 5.65 Å². The third kappa shape index (κ3) is 2.27. The summed E-state index contributed by atoms with van der Waals surface area (Å²) in [5.74, 6) is 0.221. The van der Waals surface area contributed by atoms with Gasteiger partial charge in [-0.1, -0.05) is 30.3 Å². The predicted octanol–water partition coefficient (Wildman–Crippen LogP) is 3.25. The Morgan fingerprint density at radius 1 is 1.21 bits per heavy atom. The fraction of sp³-hybridized carbons (Fsp3) is 0.143. The molecule has 5 heteroatoms. The molecule has 1 N–H and O–H groups in total. The van der Waals surface area contributed by atoms with Gasteiger partial charge in [0, 0.05) is 18.2 Å². The molecule has 0 bridgehead atoms. The van der Waals surface area contributed by atoms with E-state index in [0.717, 1.165) is 23.4 Å². The third-order valence-electron chi connectivity index (χ3n) is 2.96. The van der Waals surface area contributed by atoms with Crippen LogP contribution in [0.4, 0.5) is 0 Å². The number of aromatic nitrogens is 3. The number of aromatic hydroxyl groups is 1. The maximum Gasteiger partial charge on any atom is 0.162 e. The molecule has 0 saturated heterocycles. The summed E-state index contributed by atoms with van der Waals surface area (Å²) in [4.78, 5) is 4.58. The van der Waals surface area contributed by atoms with Crippen LogP contribution in [0.5, 0.6) is 5.75 Å². The van der Waals surface area contributed by atoms with E-state index in [4.69, 9.17) is 0 Å². The molecule has 4 nitrogen and oxygen atoms in total. The molecule has 0 aliphatic heterocycles. The maximum absolute atomic E-state index is 10.0. The number of benzene rings is 1. The summed E-state index contributed by atoms with van der Waals surface area (Å²) < 4.78 is 1.78. The van der Waals surface area contributed by atoms with Crippen molar-refractivity contribution in [1.82, 2.24) is 14.8 Å².